The number of para-hydroxylation sites is 2. The van der Waals surface area contributed by atoms with Crippen LogP contribution in [-0.2, 0) is 6.42 Å². The largest absolute Gasteiger partial charge is 0.456 e. The van der Waals surface area contributed by atoms with E-state index in [0.717, 1.165) is 91.8 Å². The molecule has 11 aromatic rings. The first-order chi connectivity index (χ1) is 33.1. The van der Waals surface area contributed by atoms with Gasteiger partial charge in [-0.2, -0.15) is 0 Å². The Morgan fingerprint density at radius 3 is 2.25 bits per heavy atom. The average molecular weight is 862 g/mol. The van der Waals surface area contributed by atoms with E-state index in [1.807, 2.05) is 0 Å². The third-order valence-corrected chi connectivity index (χ3v) is 15.1. The van der Waals surface area contributed by atoms with Crippen LogP contribution < -0.4 is 5.32 Å². The van der Waals surface area contributed by atoms with E-state index >= 15 is 0 Å². The Kier molecular flexibility index (Phi) is 7.72. The predicted molar refractivity (Wildman–Crippen MR) is 274 cm³/mol. The Morgan fingerprint density at radius 1 is 0.582 bits per heavy atom. The summed E-state index contributed by atoms with van der Waals surface area (Å²) in [6.45, 7) is 2.14. The molecule has 3 atom stereocenters. The van der Waals surface area contributed by atoms with E-state index in [1.165, 1.54) is 66.4 Å². The highest BCUT2D eigenvalue weighted by Crippen LogP contribution is 2.62. The van der Waals surface area contributed by atoms with Gasteiger partial charge in [-0.15, -0.1) is 0 Å². The van der Waals surface area contributed by atoms with Crippen molar-refractivity contribution in [3.8, 4) is 27.9 Å². The minimum Gasteiger partial charge on any atom is -0.456 e. The molecule has 67 heavy (non-hydrogen) atoms. The number of benzene rings is 8. The van der Waals surface area contributed by atoms with Crippen LogP contribution in [0.3, 0.4) is 0 Å². The molecule has 1 saturated carbocycles. The summed E-state index contributed by atoms with van der Waals surface area (Å²) >= 11 is 0. The molecule has 5 heteroatoms. The first-order valence-electron chi connectivity index (χ1n) is 23.7. The lowest BCUT2D eigenvalue weighted by Crippen LogP contribution is -2.35. The van der Waals surface area contributed by atoms with Gasteiger partial charge in [-0.1, -0.05) is 139 Å². The van der Waals surface area contributed by atoms with E-state index in [-0.39, 0.29) is 6.04 Å². The van der Waals surface area contributed by atoms with E-state index in [9.17, 15) is 0 Å². The zero-order chi connectivity index (χ0) is 43.9. The molecule has 318 valence electrons. The van der Waals surface area contributed by atoms with Crippen LogP contribution >= 0.6 is 0 Å². The van der Waals surface area contributed by atoms with Gasteiger partial charge in [-0.3, -0.25) is 0 Å². The summed E-state index contributed by atoms with van der Waals surface area (Å²) in [5.41, 5.74) is 21.0. The molecule has 15 rings (SSSR count). The van der Waals surface area contributed by atoms with Crippen molar-refractivity contribution in [2.75, 3.05) is 0 Å². The molecule has 0 saturated heterocycles. The molecular formula is C62H43N3O2. The van der Waals surface area contributed by atoms with Crippen molar-refractivity contribution in [2.24, 2.45) is 10.9 Å². The minimum atomic E-state index is -0.150. The van der Waals surface area contributed by atoms with Crippen molar-refractivity contribution in [3.05, 3.63) is 221 Å². The molecule has 3 aromatic heterocycles. The van der Waals surface area contributed by atoms with Crippen molar-refractivity contribution in [3.63, 3.8) is 0 Å². The summed E-state index contributed by atoms with van der Waals surface area (Å²) in [6.07, 6.45) is 7.51. The summed E-state index contributed by atoms with van der Waals surface area (Å²) in [6, 6.07) is 62.1. The van der Waals surface area contributed by atoms with Crippen LogP contribution in [0.2, 0.25) is 0 Å². The summed E-state index contributed by atoms with van der Waals surface area (Å²) in [5, 5.41) is 9.91. The van der Waals surface area contributed by atoms with Crippen LogP contribution in [0.1, 0.15) is 63.9 Å². The second-order valence-corrected chi connectivity index (χ2v) is 19.0. The first kappa shape index (κ1) is 37.1. The van der Waals surface area contributed by atoms with Crippen molar-refractivity contribution in [1.82, 2.24) is 9.88 Å². The zero-order valence-corrected chi connectivity index (χ0v) is 36.9. The molecule has 0 spiro atoms. The lowest BCUT2D eigenvalue weighted by atomic mass is 9.79. The van der Waals surface area contributed by atoms with Gasteiger partial charge in [0.1, 0.15) is 22.8 Å². The second kappa shape index (κ2) is 13.9. The van der Waals surface area contributed by atoms with Gasteiger partial charge >= 0.3 is 0 Å². The standard InChI is InChI=1S/C62H43N3O2/c1-35-21-23-37(24-22-35)62-63-59(58-43-28-25-38(36-11-3-2-4-12-36)31-46(43)47-34-49(47)60(58)64-62)45-16-10-20-56-57(45)50-33-40(27-30-55(50)66-56)39-26-29-52-48(32-39)41-13-5-7-17-51(41)65(52)53-18-9-15-44-42-14-6-8-19-54(42)67-61(44)53/h2-5,7-13,15-33,47,49,59H,6,14,34H2,1H3,(H,63,64). The Morgan fingerprint density at radius 2 is 1.34 bits per heavy atom. The highest BCUT2D eigenvalue weighted by atomic mass is 16.3. The lowest BCUT2D eigenvalue weighted by Gasteiger charge is -2.34. The molecule has 4 aliphatic rings. The maximum atomic E-state index is 6.75. The number of aryl methyl sites for hydroxylation is 2. The maximum absolute atomic E-state index is 6.75. The normalized spacial score (nSPS) is 18.3. The molecule has 8 aromatic carbocycles. The van der Waals surface area contributed by atoms with Gasteiger partial charge in [0.25, 0.3) is 0 Å². The number of amidine groups is 1. The smallest absolute Gasteiger partial charge is 0.159 e. The SMILES string of the molecule is Cc1ccc(C2=NC3=C(c4ccc(-c5ccccc5)cc4C4CC34)C(c3cccc4oc5ccc(-c6ccc7c(c6)c6ccccc6n7-c6cccc7c8c(oc67)C=CCC8)cc5c34)N2)cc1. The number of hydrogen-bond acceptors (Lipinski definition) is 4. The van der Waals surface area contributed by atoms with Crippen LogP contribution in [-0.4, -0.2) is 10.4 Å². The lowest BCUT2D eigenvalue weighted by molar-refractivity contribution is 0.594. The Bertz CT molecular complexity index is 4010. The van der Waals surface area contributed by atoms with E-state index in [0.29, 0.717) is 11.8 Å². The fourth-order valence-corrected chi connectivity index (χ4v) is 11.9. The Labute approximate surface area is 387 Å². The van der Waals surface area contributed by atoms with Gasteiger partial charge in [-0.25, -0.2) is 4.99 Å². The van der Waals surface area contributed by atoms with Crippen LogP contribution in [0.25, 0.3) is 94.3 Å². The van der Waals surface area contributed by atoms with Gasteiger partial charge in [-0.05, 0) is 120 Å². The Hall–Kier alpha value is -8.15. The first-order valence-corrected chi connectivity index (χ1v) is 23.7. The maximum Gasteiger partial charge on any atom is 0.159 e. The summed E-state index contributed by atoms with van der Waals surface area (Å²) in [7, 11) is 0. The van der Waals surface area contributed by atoms with Gasteiger partial charge in [0, 0.05) is 49.5 Å². The minimum absolute atomic E-state index is 0.150. The molecule has 1 fully saturated rings. The van der Waals surface area contributed by atoms with E-state index in [1.54, 1.807) is 0 Å². The number of rotatable bonds is 5. The third-order valence-electron chi connectivity index (χ3n) is 15.1. The van der Waals surface area contributed by atoms with E-state index in [2.05, 4.69) is 199 Å². The predicted octanol–water partition coefficient (Wildman–Crippen LogP) is 15.7. The molecule has 1 N–H and O–H groups in total. The van der Waals surface area contributed by atoms with E-state index in [4.69, 9.17) is 13.8 Å². The Balaban J connectivity index is 0.892. The molecule has 0 bridgehead atoms. The third kappa shape index (κ3) is 5.52. The molecule has 3 unspecified atom stereocenters. The number of fused-ring (bicyclic) bond motifs is 14. The van der Waals surface area contributed by atoms with Crippen LogP contribution in [0.4, 0.5) is 0 Å². The summed E-state index contributed by atoms with van der Waals surface area (Å²) < 4.78 is 15.8. The number of nitrogens with one attached hydrogen (secondary N) is 1. The van der Waals surface area contributed by atoms with Crippen molar-refractivity contribution in [1.29, 1.82) is 0 Å². The monoisotopic (exact) mass is 861 g/mol. The van der Waals surface area contributed by atoms with Gasteiger partial charge in [0.05, 0.1) is 28.5 Å². The van der Waals surface area contributed by atoms with Crippen molar-refractivity contribution in [2.45, 2.75) is 38.1 Å². The van der Waals surface area contributed by atoms with Crippen LogP contribution in [0, 0.1) is 12.8 Å². The van der Waals surface area contributed by atoms with Crippen LogP contribution in [0.5, 0.6) is 0 Å². The number of hydrogen-bond donors (Lipinski definition) is 1. The molecule has 0 radical (unpaired) electrons. The summed E-state index contributed by atoms with van der Waals surface area (Å²) in [5.74, 6) is 2.77. The van der Waals surface area contributed by atoms with Crippen LogP contribution in [0.15, 0.2) is 195 Å². The number of aromatic nitrogens is 1. The van der Waals surface area contributed by atoms with Gasteiger partial charge in [0.2, 0.25) is 0 Å². The van der Waals surface area contributed by atoms with E-state index < -0.39 is 0 Å². The highest BCUT2D eigenvalue weighted by Gasteiger charge is 2.50. The molecule has 0 amide bonds. The second-order valence-electron chi connectivity index (χ2n) is 19.0. The number of nitrogens with zero attached hydrogens (tertiary/aromatic N) is 2. The fraction of sp³-hybridized carbons (Fsp3) is 0.113. The fourth-order valence-electron chi connectivity index (χ4n) is 11.9. The molecule has 1 aliphatic heterocycles. The molecule has 4 heterocycles. The van der Waals surface area contributed by atoms with Crippen molar-refractivity contribution < 1.29 is 8.83 Å². The molecular weight excluding hydrogens is 819 g/mol. The molecule has 3 aliphatic carbocycles. The number of furan rings is 2. The number of aliphatic imine (C=N–C) groups is 1. The summed E-state index contributed by atoms with van der Waals surface area (Å²) in [4.78, 5) is 5.52. The topological polar surface area (TPSA) is 55.6 Å². The number of allylic oxidation sites excluding steroid dienone is 2. The average Bonchev–Trinajstić information content (AvgIpc) is 3.83. The quantitative estimate of drug-likeness (QED) is 0.188. The zero-order valence-electron chi connectivity index (χ0n) is 36.9. The van der Waals surface area contributed by atoms with Gasteiger partial charge < -0.3 is 18.7 Å². The van der Waals surface area contributed by atoms with Crippen molar-refractivity contribution >= 4 is 72.2 Å². The van der Waals surface area contributed by atoms with Gasteiger partial charge in [0.15, 0.2) is 5.58 Å². The molecule has 5 nitrogen and oxygen atoms in total. The highest BCUT2D eigenvalue weighted by molar-refractivity contribution is 6.13.